The van der Waals surface area contributed by atoms with Crippen molar-refractivity contribution >= 4 is 0 Å². The maximum Gasteiger partial charge on any atom is 0.319 e. The van der Waals surface area contributed by atoms with Crippen molar-refractivity contribution < 1.29 is 30.3 Å². The molecule has 1 rings (SSSR count). The van der Waals surface area contributed by atoms with Crippen molar-refractivity contribution in [3.8, 4) is 0 Å². The minimum absolute atomic E-state index is 0.623. The Morgan fingerprint density at radius 1 is 1.42 bits per heavy atom. The van der Waals surface area contributed by atoms with Crippen LogP contribution in [-0.4, -0.2) is 50.5 Å². The Hall–Kier alpha value is -0.980. The molecule has 0 amide bonds. The number of hydrogen-bond donors (Lipinski definition) is 5. The molecule has 0 aromatic carbocycles. The Bertz CT molecular complexity index is 200. The van der Waals surface area contributed by atoms with Gasteiger partial charge in [-0.1, -0.05) is 0 Å². The summed E-state index contributed by atoms with van der Waals surface area (Å²) in [4.78, 5) is 0. The van der Waals surface area contributed by atoms with E-state index in [2.05, 4.69) is 4.74 Å². The zero-order valence-electron chi connectivity index (χ0n) is 6.08. The summed E-state index contributed by atoms with van der Waals surface area (Å²) < 4.78 is 4.46. The van der Waals surface area contributed by atoms with E-state index >= 15 is 0 Å². The molecule has 5 N–H and O–H groups in total. The largest absolute Gasteiger partial charge is 0.504 e. The summed E-state index contributed by atoms with van der Waals surface area (Å²) in [5.41, 5.74) is 0. The third-order valence-corrected chi connectivity index (χ3v) is 1.62. The molecule has 0 radical (unpaired) electrons. The predicted molar refractivity (Wildman–Crippen MR) is 36.3 cm³/mol. The van der Waals surface area contributed by atoms with E-state index in [1.54, 1.807) is 0 Å². The first-order chi connectivity index (χ1) is 5.57. The molecule has 0 spiro atoms. The molecule has 1 aliphatic heterocycles. The van der Waals surface area contributed by atoms with Crippen LogP contribution in [0.25, 0.3) is 0 Å². The highest BCUT2D eigenvalue weighted by molar-refractivity contribution is 5.09. The van der Waals surface area contributed by atoms with Crippen molar-refractivity contribution in [1.29, 1.82) is 0 Å². The van der Waals surface area contributed by atoms with E-state index in [1.165, 1.54) is 0 Å². The molecule has 1 unspecified atom stereocenters. The van der Waals surface area contributed by atoms with Crippen LogP contribution in [0.1, 0.15) is 0 Å². The molecule has 0 aromatic rings. The summed E-state index contributed by atoms with van der Waals surface area (Å²) in [5, 5.41) is 44.1. The van der Waals surface area contributed by atoms with Crippen LogP contribution in [0.5, 0.6) is 0 Å². The van der Waals surface area contributed by atoms with Gasteiger partial charge in [-0.25, -0.2) is 0 Å². The first-order valence-corrected chi connectivity index (χ1v) is 3.33. The number of rotatable bonds is 2. The van der Waals surface area contributed by atoms with E-state index in [9.17, 15) is 0 Å². The minimum atomic E-state index is -1.49. The van der Waals surface area contributed by atoms with E-state index in [4.69, 9.17) is 25.5 Å². The summed E-state index contributed by atoms with van der Waals surface area (Å²) in [6, 6.07) is 0. The van der Waals surface area contributed by atoms with Crippen molar-refractivity contribution in [2.75, 3.05) is 6.61 Å². The van der Waals surface area contributed by atoms with Gasteiger partial charge in [0.15, 0.2) is 12.2 Å². The van der Waals surface area contributed by atoms with Crippen molar-refractivity contribution in [3.63, 3.8) is 0 Å². The van der Waals surface area contributed by atoms with E-state index in [1.807, 2.05) is 0 Å². The molecule has 6 nitrogen and oxygen atoms in total. The Kier molecular flexibility index (Phi) is 2.41. The molecule has 1 heterocycles. The Balaban J connectivity index is 2.66. The summed E-state index contributed by atoms with van der Waals surface area (Å²) in [5.74, 6) is -1.55. The highest BCUT2D eigenvalue weighted by atomic mass is 16.6. The lowest BCUT2D eigenvalue weighted by atomic mass is 10.1. The highest BCUT2D eigenvalue weighted by Gasteiger charge is 2.40. The summed E-state index contributed by atoms with van der Waals surface area (Å²) in [6.07, 6.45) is -4.05. The molecule has 1 aliphatic rings. The second-order valence-corrected chi connectivity index (χ2v) is 2.47. The molecule has 0 fully saturated rings. The summed E-state index contributed by atoms with van der Waals surface area (Å²) in [6.45, 7) is -0.623. The van der Waals surface area contributed by atoms with Crippen molar-refractivity contribution in [2.45, 2.75) is 18.3 Å². The molecule has 0 aromatic heterocycles. The van der Waals surface area contributed by atoms with Crippen LogP contribution in [0.4, 0.5) is 0 Å². The molecule has 0 aliphatic carbocycles. The van der Waals surface area contributed by atoms with Crippen LogP contribution >= 0.6 is 0 Å². The van der Waals surface area contributed by atoms with Gasteiger partial charge in [-0.3, -0.25) is 0 Å². The quantitative estimate of drug-likeness (QED) is 0.348. The van der Waals surface area contributed by atoms with Gasteiger partial charge in [-0.2, -0.15) is 0 Å². The standard InChI is InChI=1S/C6H10O6/c7-1-2(8)5-3(9)4(10)6(11)12-5/h2-3,5,7-11H,1H2/t2-,3?,5+/m0/s1. The van der Waals surface area contributed by atoms with Gasteiger partial charge >= 0.3 is 5.95 Å². The Morgan fingerprint density at radius 2 is 2.00 bits per heavy atom. The van der Waals surface area contributed by atoms with Crippen LogP contribution in [-0.2, 0) is 4.74 Å². The SMILES string of the molecule is OC[C@H](O)[C@H]1OC(O)=C(O)C1O. The lowest BCUT2D eigenvalue weighted by molar-refractivity contribution is -0.0798. The minimum Gasteiger partial charge on any atom is -0.504 e. The molecule has 0 saturated carbocycles. The molecule has 6 heteroatoms. The van der Waals surface area contributed by atoms with Gasteiger partial charge < -0.3 is 30.3 Å². The smallest absolute Gasteiger partial charge is 0.319 e. The molecule has 12 heavy (non-hydrogen) atoms. The molecule has 0 saturated heterocycles. The van der Waals surface area contributed by atoms with Gasteiger partial charge in [0.05, 0.1) is 6.61 Å². The predicted octanol–water partition coefficient (Wildman–Crippen LogP) is -1.62. The second kappa shape index (κ2) is 3.18. The van der Waals surface area contributed by atoms with Crippen LogP contribution in [0.3, 0.4) is 0 Å². The molecular formula is C6H10O6. The fourth-order valence-corrected chi connectivity index (χ4v) is 0.929. The van der Waals surface area contributed by atoms with Gasteiger partial charge in [-0.05, 0) is 0 Å². The van der Waals surface area contributed by atoms with E-state index < -0.39 is 36.6 Å². The zero-order valence-corrected chi connectivity index (χ0v) is 6.08. The van der Waals surface area contributed by atoms with Gasteiger partial charge in [0.2, 0.25) is 5.76 Å². The van der Waals surface area contributed by atoms with Crippen LogP contribution in [0, 0.1) is 0 Å². The van der Waals surface area contributed by atoms with Gasteiger partial charge in [0.25, 0.3) is 0 Å². The Labute approximate surface area is 68.0 Å². The topological polar surface area (TPSA) is 110 Å². The third kappa shape index (κ3) is 1.31. The lowest BCUT2D eigenvalue weighted by Crippen LogP contribution is -2.38. The average molecular weight is 178 g/mol. The third-order valence-electron chi connectivity index (χ3n) is 1.62. The zero-order chi connectivity index (χ0) is 9.30. The van der Waals surface area contributed by atoms with Gasteiger partial charge in [0.1, 0.15) is 6.10 Å². The van der Waals surface area contributed by atoms with Crippen molar-refractivity contribution in [3.05, 3.63) is 11.7 Å². The highest BCUT2D eigenvalue weighted by Crippen LogP contribution is 2.23. The van der Waals surface area contributed by atoms with E-state index in [0.717, 1.165) is 0 Å². The number of hydrogen-bond acceptors (Lipinski definition) is 6. The average Bonchev–Trinajstić information content (AvgIpc) is 2.32. The lowest BCUT2D eigenvalue weighted by Gasteiger charge is -2.18. The number of aliphatic hydroxyl groups is 5. The van der Waals surface area contributed by atoms with Crippen LogP contribution < -0.4 is 0 Å². The molecule has 0 bridgehead atoms. The number of aliphatic hydroxyl groups excluding tert-OH is 5. The van der Waals surface area contributed by atoms with Gasteiger partial charge in [-0.15, -0.1) is 0 Å². The van der Waals surface area contributed by atoms with Crippen LogP contribution in [0.15, 0.2) is 11.7 Å². The van der Waals surface area contributed by atoms with Crippen molar-refractivity contribution in [1.82, 2.24) is 0 Å². The maximum atomic E-state index is 9.07. The second-order valence-electron chi connectivity index (χ2n) is 2.47. The normalized spacial score (nSPS) is 31.9. The summed E-state index contributed by atoms with van der Waals surface area (Å²) >= 11 is 0. The Morgan fingerprint density at radius 3 is 2.33 bits per heavy atom. The fourth-order valence-electron chi connectivity index (χ4n) is 0.929. The number of ether oxygens (including phenoxy) is 1. The fraction of sp³-hybridized carbons (Fsp3) is 0.667. The van der Waals surface area contributed by atoms with Crippen LogP contribution in [0.2, 0.25) is 0 Å². The van der Waals surface area contributed by atoms with Gasteiger partial charge in [0, 0.05) is 0 Å². The van der Waals surface area contributed by atoms with Crippen molar-refractivity contribution in [2.24, 2.45) is 0 Å². The molecule has 70 valence electrons. The first kappa shape index (κ1) is 9.11. The monoisotopic (exact) mass is 178 g/mol. The van der Waals surface area contributed by atoms with E-state index in [-0.39, 0.29) is 0 Å². The maximum absolute atomic E-state index is 9.07. The summed E-state index contributed by atoms with van der Waals surface area (Å²) in [7, 11) is 0. The molecular weight excluding hydrogens is 168 g/mol. The molecule has 3 atom stereocenters. The first-order valence-electron chi connectivity index (χ1n) is 3.33. The van der Waals surface area contributed by atoms with E-state index in [0.29, 0.717) is 0 Å².